The van der Waals surface area contributed by atoms with E-state index in [9.17, 15) is 9.59 Å². The molecule has 10 nitrogen and oxygen atoms in total. The molecule has 0 saturated carbocycles. The zero-order valence-electron chi connectivity index (χ0n) is 15.3. The molecule has 0 aliphatic rings. The van der Waals surface area contributed by atoms with Crippen molar-refractivity contribution in [1.82, 2.24) is 29.9 Å². The van der Waals surface area contributed by atoms with E-state index in [2.05, 4.69) is 51.2 Å². The number of anilines is 2. The highest BCUT2D eigenvalue weighted by atomic mass is 79.9. The summed E-state index contributed by atoms with van der Waals surface area (Å²) in [5.41, 5.74) is 7.38. The number of halogens is 1. The average Bonchev–Trinajstić information content (AvgIpc) is 3.19. The number of amides is 1. The number of hydrogen-bond acceptors (Lipinski definition) is 8. The van der Waals surface area contributed by atoms with Gasteiger partial charge in [0.15, 0.2) is 5.65 Å². The maximum Gasteiger partial charge on any atom is 0.266 e. The number of H-pyrrole nitrogens is 2. The van der Waals surface area contributed by atoms with Crippen LogP contribution in [0.25, 0.3) is 11.2 Å². The molecule has 0 aliphatic heterocycles. The van der Waals surface area contributed by atoms with Gasteiger partial charge in [-0.3, -0.25) is 19.9 Å². The van der Waals surface area contributed by atoms with E-state index in [1.165, 1.54) is 24.3 Å². The van der Waals surface area contributed by atoms with E-state index in [1.54, 1.807) is 0 Å². The molecule has 0 bridgehead atoms. The maximum atomic E-state index is 13.1. The summed E-state index contributed by atoms with van der Waals surface area (Å²) < 4.78 is 0.272. The lowest BCUT2D eigenvalue weighted by Gasteiger charge is -2.16. The molecule has 1 amide bonds. The number of carbonyl (C=O) groups is 1. The van der Waals surface area contributed by atoms with Gasteiger partial charge in [-0.25, -0.2) is 15.0 Å². The highest BCUT2D eigenvalue weighted by Crippen LogP contribution is 2.30. The summed E-state index contributed by atoms with van der Waals surface area (Å²) in [6.45, 7) is 0. The van der Waals surface area contributed by atoms with Crippen LogP contribution in [0.4, 0.5) is 11.9 Å². The van der Waals surface area contributed by atoms with Crippen molar-refractivity contribution >= 4 is 56.7 Å². The van der Waals surface area contributed by atoms with Crippen LogP contribution in [0.15, 0.2) is 57.1 Å². The van der Waals surface area contributed by atoms with Crippen LogP contribution >= 0.6 is 27.7 Å². The van der Waals surface area contributed by atoms with Crippen LogP contribution in [-0.2, 0) is 11.2 Å². The van der Waals surface area contributed by atoms with Crippen molar-refractivity contribution in [3.63, 3.8) is 0 Å². The lowest BCUT2D eigenvalue weighted by molar-refractivity contribution is -0.115. The molecular weight excluding hydrogens is 472 g/mol. The molecule has 5 N–H and O–H groups in total. The highest BCUT2D eigenvalue weighted by molar-refractivity contribution is 9.10. The maximum absolute atomic E-state index is 13.1. The first-order valence-electron chi connectivity index (χ1n) is 8.72. The standard InChI is InChI=1S/C18H15BrN8O2S/c19-10-7-21-18(25-14(10)28)26-15(29)11(6-9-4-2-1-3-5-9)30-16-12-13(23-8-22-12)24-17(20)27-16/h1-5,7-8,11H,6H2,(H3,20,22,23,24,27)(H2,21,25,26,28,29)/t11-/m0/s1. The van der Waals surface area contributed by atoms with Gasteiger partial charge in [-0.15, -0.1) is 0 Å². The van der Waals surface area contributed by atoms with Gasteiger partial charge in [0.2, 0.25) is 17.8 Å². The summed E-state index contributed by atoms with van der Waals surface area (Å²) in [6, 6.07) is 9.57. The third-order valence-corrected chi connectivity index (χ3v) is 5.83. The third-order valence-electron chi connectivity index (χ3n) is 4.08. The van der Waals surface area contributed by atoms with Gasteiger partial charge in [0, 0.05) is 0 Å². The number of benzene rings is 1. The van der Waals surface area contributed by atoms with E-state index < -0.39 is 10.8 Å². The molecule has 0 fully saturated rings. The second-order valence-electron chi connectivity index (χ2n) is 6.18. The van der Waals surface area contributed by atoms with Crippen LogP contribution in [-0.4, -0.2) is 41.1 Å². The van der Waals surface area contributed by atoms with Gasteiger partial charge in [-0.05, 0) is 27.9 Å². The number of nitrogens with one attached hydrogen (secondary N) is 3. The largest absolute Gasteiger partial charge is 0.368 e. The van der Waals surface area contributed by atoms with Crippen molar-refractivity contribution < 1.29 is 4.79 Å². The smallest absolute Gasteiger partial charge is 0.266 e. The number of nitrogens with two attached hydrogens (primary N) is 1. The number of carbonyl (C=O) groups excluding carboxylic acids is 1. The minimum Gasteiger partial charge on any atom is -0.368 e. The van der Waals surface area contributed by atoms with Gasteiger partial charge in [-0.2, -0.15) is 4.98 Å². The number of hydrogen-bond donors (Lipinski definition) is 4. The SMILES string of the molecule is Nc1nc(S[C@@H](Cc2ccccc2)C(=O)Nc2ncc(Br)c(=O)[nH]2)c2[nH]cnc2n1. The number of rotatable bonds is 6. The van der Waals surface area contributed by atoms with E-state index in [0.29, 0.717) is 22.6 Å². The van der Waals surface area contributed by atoms with Gasteiger partial charge in [0.05, 0.1) is 17.8 Å². The van der Waals surface area contributed by atoms with E-state index >= 15 is 0 Å². The fourth-order valence-corrected chi connectivity index (χ4v) is 4.03. The summed E-state index contributed by atoms with van der Waals surface area (Å²) in [4.78, 5) is 46.8. The normalized spacial score (nSPS) is 12.0. The quantitative estimate of drug-likeness (QED) is 0.238. The van der Waals surface area contributed by atoms with Crippen molar-refractivity contribution in [2.45, 2.75) is 16.7 Å². The fraction of sp³-hybridized carbons (Fsp3) is 0.111. The molecule has 30 heavy (non-hydrogen) atoms. The molecule has 4 rings (SSSR count). The van der Waals surface area contributed by atoms with Crippen LogP contribution in [0, 0.1) is 0 Å². The Morgan fingerprint density at radius 3 is 2.80 bits per heavy atom. The van der Waals surface area contributed by atoms with Crippen molar-refractivity contribution in [1.29, 1.82) is 0 Å². The molecule has 0 spiro atoms. The van der Waals surface area contributed by atoms with Crippen LogP contribution in [0.3, 0.4) is 0 Å². The molecule has 4 aromatic rings. The molecular formula is C18H15BrN8O2S. The summed E-state index contributed by atoms with van der Waals surface area (Å²) in [6.07, 6.45) is 3.23. The second-order valence-corrected chi connectivity index (χ2v) is 8.23. The minimum absolute atomic E-state index is 0.0563. The zero-order valence-corrected chi connectivity index (χ0v) is 17.7. The number of thioether (sulfide) groups is 1. The monoisotopic (exact) mass is 486 g/mol. The summed E-state index contributed by atoms with van der Waals surface area (Å²) in [5, 5.41) is 2.57. The lowest BCUT2D eigenvalue weighted by Crippen LogP contribution is -2.29. The predicted molar refractivity (Wildman–Crippen MR) is 117 cm³/mol. The Morgan fingerprint density at radius 1 is 1.23 bits per heavy atom. The van der Waals surface area contributed by atoms with E-state index in [0.717, 1.165) is 5.56 Å². The number of aromatic amines is 2. The summed E-state index contributed by atoms with van der Waals surface area (Å²) >= 11 is 4.30. The van der Waals surface area contributed by atoms with Crippen LogP contribution < -0.4 is 16.6 Å². The lowest BCUT2D eigenvalue weighted by atomic mass is 10.1. The van der Waals surface area contributed by atoms with Crippen molar-refractivity contribution in [2.75, 3.05) is 11.1 Å². The Balaban J connectivity index is 1.64. The van der Waals surface area contributed by atoms with Crippen LogP contribution in [0.5, 0.6) is 0 Å². The Kier molecular flexibility index (Phi) is 5.77. The Labute approximate surface area is 182 Å². The summed E-state index contributed by atoms with van der Waals surface area (Å²) in [7, 11) is 0. The van der Waals surface area contributed by atoms with Crippen molar-refractivity contribution in [2.24, 2.45) is 0 Å². The Bertz CT molecular complexity index is 1260. The van der Waals surface area contributed by atoms with E-state index in [-0.39, 0.29) is 22.3 Å². The summed E-state index contributed by atoms with van der Waals surface area (Å²) in [5.74, 6) is -0.227. The van der Waals surface area contributed by atoms with Crippen molar-refractivity contribution in [3.8, 4) is 0 Å². The van der Waals surface area contributed by atoms with Gasteiger partial charge in [0.25, 0.3) is 5.56 Å². The van der Waals surface area contributed by atoms with Gasteiger partial charge >= 0.3 is 0 Å². The molecule has 3 heterocycles. The fourth-order valence-electron chi connectivity index (χ4n) is 2.70. The molecule has 0 saturated heterocycles. The van der Waals surface area contributed by atoms with E-state index in [1.807, 2.05) is 30.3 Å². The van der Waals surface area contributed by atoms with E-state index in [4.69, 9.17) is 5.73 Å². The molecule has 0 aliphatic carbocycles. The molecule has 0 radical (unpaired) electrons. The first-order valence-corrected chi connectivity index (χ1v) is 10.4. The molecule has 3 aromatic heterocycles. The average molecular weight is 487 g/mol. The van der Waals surface area contributed by atoms with Crippen LogP contribution in [0.1, 0.15) is 5.56 Å². The number of aromatic nitrogens is 6. The van der Waals surface area contributed by atoms with Crippen LogP contribution in [0.2, 0.25) is 0 Å². The number of fused-ring (bicyclic) bond motifs is 1. The number of nitrogen functional groups attached to an aromatic ring is 1. The molecule has 12 heteroatoms. The van der Waals surface area contributed by atoms with Gasteiger partial charge in [0.1, 0.15) is 15.0 Å². The first kappa shape index (κ1) is 20.0. The molecule has 152 valence electrons. The van der Waals surface area contributed by atoms with Gasteiger partial charge < -0.3 is 10.7 Å². The Morgan fingerprint density at radius 2 is 2.03 bits per heavy atom. The minimum atomic E-state index is -0.595. The Hall–Kier alpha value is -3.25. The molecule has 0 unspecified atom stereocenters. The third kappa shape index (κ3) is 4.49. The zero-order chi connectivity index (χ0) is 21.1. The first-order chi connectivity index (χ1) is 14.5. The molecule has 1 atom stereocenters. The number of imidazole rings is 1. The molecule has 1 aromatic carbocycles. The predicted octanol–water partition coefficient (Wildman–Crippen LogP) is 2.12. The van der Waals surface area contributed by atoms with Crippen molar-refractivity contribution in [3.05, 3.63) is 63.2 Å². The second kappa shape index (κ2) is 8.63. The number of nitrogens with zero attached hydrogens (tertiary/aromatic N) is 4. The van der Waals surface area contributed by atoms with Gasteiger partial charge in [-0.1, -0.05) is 42.1 Å². The highest BCUT2D eigenvalue weighted by Gasteiger charge is 2.24. The topological polar surface area (TPSA) is 155 Å².